The van der Waals surface area contributed by atoms with Crippen LogP contribution in [0.15, 0.2) is 138 Å². The summed E-state index contributed by atoms with van der Waals surface area (Å²) in [5.41, 5.74) is 6.15. The molecule has 0 radical (unpaired) electrons. The lowest BCUT2D eigenvalue weighted by atomic mass is 10.1. The van der Waals surface area contributed by atoms with E-state index in [-0.39, 0.29) is 5.43 Å². The number of pyridine rings is 1. The van der Waals surface area contributed by atoms with Crippen LogP contribution in [0, 0.1) is 0 Å². The molecule has 0 saturated carbocycles. The van der Waals surface area contributed by atoms with Crippen LogP contribution < -0.4 is 10.3 Å². The van der Waals surface area contributed by atoms with Crippen LogP contribution in [-0.2, 0) is 0 Å². The van der Waals surface area contributed by atoms with Crippen molar-refractivity contribution in [2.75, 3.05) is 4.90 Å². The Morgan fingerprint density at radius 2 is 0.853 bits per heavy atom. The van der Waals surface area contributed by atoms with Gasteiger partial charge in [0, 0.05) is 33.5 Å². The van der Waals surface area contributed by atoms with Crippen molar-refractivity contribution in [1.29, 1.82) is 0 Å². The fourth-order valence-corrected chi connectivity index (χ4v) is 4.63. The van der Waals surface area contributed by atoms with Gasteiger partial charge in [0.2, 0.25) is 0 Å². The number of para-hydroxylation sites is 4. The Kier molecular flexibility index (Phi) is 4.93. The molecule has 0 saturated heterocycles. The second kappa shape index (κ2) is 8.38. The fourth-order valence-electron chi connectivity index (χ4n) is 4.63. The normalized spacial score (nSPS) is 11.1. The minimum absolute atomic E-state index is 0.0680. The number of fused-ring (bicyclic) bond motifs is 2. The maximum absolute atomic E-state index is 13.1. The summed E-state index contributed by atoms with van der Waals surface area (Å²) < 4.78 is 2.17. The fraction of sp³-hybridized carbons (Fsp3) is 0. The first-order chi connectivity index (χ1) is 16.8. The van der Waals surface area contributed by atoms with Crippen LogP contribution in [0.1, 0.15) is 0 Å². The van der Waals surface area contributed by atoms with Gasteiger partial charge in [-0.3, -0.25) is 4.79 Å². The zero-order valence-corrected chi connectivity index (χ0v) is 18.5. The smallest absolute Gasteiger partial charge is 0.197 e. The highest BCUT2D eigenvalue weighted by Gasteiger charge is 2.14. The third kappa shape index (κ3) is 3.35. The highest BCUT2D eigenvalue weighted by atomic mass is 16.1. The van der Waals surface area contributed by atoms with Gasteiger partial charge in [-0.1, -0.05) is 60.7 Å². The average molecular weight is 439 g/mol. The summed E-state index contributed by atoms with van der Waals surface area (Å²) in [6.45, 7) is 0. The first-order valence-corrected chi connectivity index (χ1v) is 11.3. The lowest BCUT2D eigenvalue weighted by Gasteiger charge is -2.26. The van der Waals surface area contributed by atoms with Crippen molar-refractivity contribution in [2.24, 2.45) is 0 Å². The predicted octanol–water partition coefficient (Wildman–Crippen LogP) is 7.61. The van der Waals surface area contributed by atoms with Crippen LogP contribution >= 0.6 is 0 Å². The quantitative estimate of drug-likeness (QED) is 0.265. The summed E-state index contributed by atoms with van der Waals surface area (Å²) in [6, 6.07) is 44.9. The van der Waals surface area contributed by atoms with Crippen LogP contribution in [0.2, 0.25) is 0 Å². The molecular formula is C31H22N2O. The maximum atomic E-state index is 13.1. The SMILES string of the molecule is O=c1c2ccccc2n(-c2ccc(N(c3ccccc3)c3ccccc3)cc2)c2ccccc12. The van der Waals surface area contributed by atoms with Crippen molar-refractivity contribution in [3.05, 3.63) is 144 Å². The van der Waals surface area contributed by atoms with E-state index in [1.54, 1.807) is 0 Å². The number of nitrogens with zero attached hydrogens (tertiary/aromatic N) is 2. The Bertz CT molecular complexity index is 1550. The molecule has 6 rings (SSSR count). The van der Waals surface area contributed by atoms with E-state index in [0.29, 0.717) is 0 Å². The van der Waals surface area contributed by atoms with E-state index in [0.717, 1.165) is 44.6 Å². The summed E-state index contributed by atoms with van der Waals surface area (Å²) >= 11 is 0. The number of anilines is 3. The highest BCUT2D eigenvalue weighted by Crippen LogP contribution is 2.35. The topological polar surface area (TPSA) is 25.2 Å². The Balaban J connectivity index is 1.54. The molecule has 5 aromatic carbocycles. The molecule has 3 nitrogen and oxygen atoms in total. The van der Waals surface area contributed by atoms with Gasteiger partial charge >= 0.3 is 0 Å². The Labute approximate surface area is 197 Å². The Hall–Kier alpha value is -4.63. The lowest BCUT2D eigenvalue weighted by Crippen LogP contribution is -2.11. The zero-order chi connectivity index (χ0) is 22.9. The molecule has 162 valence electrons. The molecular weight excluding hydrogens is 416 g/mol. The largest absolute Gasteiger partial charge is 0.311 e. The summed E-state index contributed by atoms with van der Waals surface area (Å²) in [5.74, 6) is 0. The summed E-state index contributed by atoms with van der Waals surface area (Å²) in [7, 11) is 0. The molecule has 0 aliphatic rings. The molecule has 0 aliphatic heterocycles. The predicted molar refractivity (Wildman–Crippen MR) is 142 cm³/mol. The van der Waals surface area contributed by atoms with Gasteiger partial charge in [0.05, 0.1) is 11.0 Å². The van der Waals surface area contributed by atoms with Crippen molar-refractivity contribution in [2.45, 2.75) is 0 Å². The molecule has 0 bridgehead atoms. The number of rotatable bonds is 4. The number of hydrogen-bond donors (Lipinski definition) is 0. The van der Waals surface area contributed by atoms with Crippen LogP contribution in [0.5, 0.6) is 0 Å². The Morgan fingerprint density at radius 3 is 1.35 bits per heavy atom. The third-order valence-electron chi connectivity index (χ3n) is 6.17. The van der Waals surface area contributed by atoms with Crippen molar-refractivity contribution in [1.82, 2.24) is 4.57 Å². The lowest BCUT2D eigenvalue weighted by molar-refractivity contribution is 1.16. The first-order valence-electron chi connectivity index (χ1n) is 11.3. The van der Waals surface area contributed by atoms with Gasteiger partial charge in [-0.25, -0.2) is 0 Å². The second-order valence-corrected chi connectivity index (χ2v) is 8.22. The molecule has 0 aliphatic carbocycles. The number of hydrogen-bond acceptors (Lipinski definition) is 2. The minimum atomic E-state index is 0.0680. The van der Waals surface area contributed by atoms with Crippen molar-refractivity contribution in [3.63, 3.8) is 0 Å². The molecule has 34 heavy (non-hydrogen) atoms. The maximum Gasteiger partial charge on any atom is 0.197 e. The molecule has 0 amide bonds. The summed E-state index contributed by atoms with van der Waals surface area (Å²) in [6.07, 6.45) is 0. The van der Waals surface area contributed by atoms with Gasteiger partial charge < -0.3 is 9.47 Å². The van der Waals surface area contributed by atoms with Crippen LogP contribution in [-0.4, -0.2) is 4.57 Å². The molecule has 0 unspecified atom stereocenters. The van der Waals surface area contributed by atoms with Crippen molar-refractivity contribution < 1.29 is 0 Å². The van der Waals surface area contributed by atoms with Gasteiger partial charge in [0.25, 0.3) is 0 Å². The van der Waals surface area contributed by atoms with Gasteiger partial charge in [-0.05, 0) is 72.8 Å². The van der Waals surface area contributed by atoms with E-state index in [4.69, 9.17) is 0 Å². The minimum Gasteiger partial charge on any atom is -0.311 e. The molecule has 1 aromatic heterocycles. The standard InChI is InChI=1S/C31H22N2O/c34-31-27-15-7-9-17-29(27)33(30-18-10-8-16-28(30)31)26-21-19-25(20-22-26)32(23-11-3-1-4-12-23)24-13-5-2-6-14-24/h1-22H. The molecule has 3 heteroatoms. The van der Waals surface area contributed by atoms with Gasteiger partial charge in [0.15, 0.2) is 5.43 Å². The van der Waals surface area contributed by atoms with E-state index >= 15 is 0 Å². The van der Waals surface area contributed by atoms with E-state index < -0.39 is 0 Å². The monoisotopic (exact) mass is 438 g/mol. The number of aromatic nitrogens is 1. The van der Waals surface area contributed by atoms with Crippen molar-refractivity contribution in [3.8, 4) is 5.69 Å². The van der Waals surface area contributed by atoms with E-state index in [2.05, 4.69) is 82.3 Å². The highest BCUT2D eigenvalue weighted by molar-refractivity contribution is 5.95. The Morgan fingerprint density at radius 1 is 0.441 bits per heavy atom. The van der Waals surface area contributed by atoms with Gasteiger partial charge in [0.1, 0.15) is 0 Å². The number of benzene rings is 5. The van der Waals surface area contributed by atoms with Crippen LogP contribution in [0.3, 0.4) is 0 Å². The summed E-state index contributed by atoms with van der Waals surface area (Å²) in [4.78, 5) is 15.4. The van der Waals surface area contributed by atoms with E-state index in [1.807, 2.05) is 60.7 Å². The molecule has 1 heterocycles. The first kappa shape index (κ1) is 20.0. The second-order valence-electron chi connectivity index (χ2n) is 8.22. The van der Waals surface area contributed by atoms with Crippen LogP contribution in [0.4, 0.5) is 17.1 Å². The third-order valence-corrected chi connectivity index (χ3v) is 6.17. The molecule has 0 fully saturated rings. The molecule has 0 spiro atoms. The van der Waals surface area contributed by atoms with Crippen LogP contribution in [0.25, 0.3) is 27.5 Å². The zero-order valence-electron chi connectivity index (χ0n) is 18.5. The average Bonchev–Trinajstić information content (AvgIpc) is 2.91. The van der Waals surface area contributed by atoms with Gasteiger partial charge in [-0.15, -0.1) is 0 Å². The summed E-state index contributed by atoms with van der Waals surface area (Å²) in [5, 5.41) is 1.45. The van der Waals surface area contributed by atoms with Gasteiger partial charge in [-0.2, -0.15) is 0 Å². The van der Waals surface area contributed by atoms with E-state index in [9.17, 15) is 4.79 Å². The van der Waals surface area contributed by atoms with Crippen molar-refractivity contribution >= 4 is 38.9 Å². The molecule has 6 aromatic rings. The van der Waals surface area contributed by atoms with E-state index in [1.165, 1.54) is 0 Å². The molecule has 0 N–H and O–H groups in total. The molecule has 0 atom stereocenters.